The van der Waals surface area contributed by atoms with Crippen LogP contribution in [0.2, 0.25) is 0 Å². The fourth-order valence-corrected chi connectivity index (χ4v) is 3.30. The van der Waals surface area contributed by atoms with Gasteiger partial charge in [-0.05, 0) is 47.5 Å². The molecule has 0 aromatic heterocycles. The third kappa shape index (κ3) is 4.34. The highest BCUT2D eigenvalue weighted by Crippen LogP contribution is 2.38. The first-order valence-electron chi connectivity index (χ1n) is 8.25. The van der Waals surface area contributed by atoms with Gasteiger partial charge < -0.3 is 19.0 Å². The first-order chi connectivity index (χ1) is 12.4. The fraction of sp³-hybridized carbons (Fsp3) is 0.143. The number of hydrogen-bond donors (Lipinski definition) is 2. The molecule has 1 atom stereocenters. The molecular formula is C21H21O4P. The van der Waals surface area contributed by atoms with E-state index in [-0.39, 0.29) is 11.2 Å². The van der Waals surface area contributed by atoms with Gasteiger partial charge in [-0.2, -0.15) is 0 Å². The molecule has 1 unspecified atom stereocenters. The van der Waals surface area contributed by atoms with Crippen LogP contribution >= 0.6 is 8.60 Å². The largest absolute Gasteiger partial charge is 0.508 e. The lowest BCUT2D eigenvalue weighted by Crippen LogP contribution is -2.18. The van der Waals surface area contributed by atoms with Crippen LogP contribution in [0.3, 0.4) is 0 Å². The molecule has 26 heavy (non-hydrogen) atoms. The van der Waals surface area contributed by atoms with Crippen molar-refractivity contribution in [1.29, 1.82) is 0 Å². The Morgan fingerprint density at radius 2 is 1.15 bits per heavy atom. The maximum Gasteiger partial charge on any atom is 0.460 e. The van der Waals surface area contributed by atoms with E-state index in [0.29, 0.717) is 11.5 Å². The van der Waals surface area contributed by atoms with E-state index in [4.69, 9.17) is 9.05 Å². The Bertz CT molecular complexity index is 830. The lowest BCUT2D eigenvalue weighted by Gasteiger charge is -2.26. The van der Waals surface area contributed by atoms with Gasteiger partial charge >= 0.3 is 8.60 Å². The molecule has 0 aliphatic carbocycles. The van der Waals surface area contributed by atoms with Crippen molar-refractivity contribution in [2.75, 3.05) is 0 Å². The Kier molecular flexibility index (Phi) is 5.46. The van der Waals surface area contributed by atoms with E-state index in [1.807, 2.05) is 54.6 Å². The molecule has 4 nitrogen and oxygen atoms in total. The number of aromatic hydroxyl groups is 1. The first-order valence-corrected chi connectivity index (χ1v) is 9.38. The fourth-order valence-electron chi connectivity index (χ4n) is 2.66. The van der Waals surface area contributed by atoms with E-state index in [1.54, 1.807) is 24.3 Å². The second-order valence-electron chi connectivity index (χ2n) is 6.43. The Morgan fingerprint density at radius 1 is 0.692 bits per heavy atom. The lowest BCUT2D eigenvalue weighted by molar-refractivity contribution is 0.381. The van der Waals surface area contributed by atoms with Crippen molar-refractivity contribution < 1.29 is 19.0 Å². The van der Waals surface area contributed by atoms with Crippen LogP contribution in [0.15, 0.2) is 78.9 Å². The SMILES string of the molecule is CC(C)(c1ccc(O)cc1)c1ccc(OP(O)Oc2ccccc2)cc1. The Hall–Kier alpha value is -2.55. The molecule has 3 rings (SSSR count). The van der Waals surface area contributed by atoms with Gasteiger partial charge in [0.15, 0.2) is 0 Å². The number of hydrogen-bond acceptors (Lipinski definition) is 4. The number of rotatable bonds is 6. The molecule has 0 amide bonds. The van der Waals surface area contributed by atoms with E-state index in [1.165, 1.54) is 0 Å². The van der Waals surface area contributed by atoms with Gasteiger partial charge in [0.2, 0.25) is 0 Å². The smallest absolute Gasteiger partial charge is 0.460 e. The van der Waals surface area contributed by atoms with Gasteiger partial charge in [0.25, 0.3) is 0 Å². The quantitative estimate of drug-likeness (QED) is 0.572. The third-order valence-electron chi connectivity index (χ3n) is 4.28. The Labute approximate surface area is 154 Å². The van der Waals surface area contributed by atoms with Gasteiger partial charge in [-0.25, -0.2) is 0 Å². The summed E-state index contributed by atoms with van der Waals surface area (Å²) in [6.07, 6.45) is 0. The Morgan fingerprint density at radius 3 is 1.69 bits per heavy atom. The average molecular weight is 368 g/mol. The van der Waals surface area contributed by atoms with Crippen LogP contribution in [0, 0.1) is 0 Å². The van der Waals surface area contributed by atoms with Crippen molar-refractivity contribution >= 4 is 8.60 Å². The summed E-state index contributed by atoms with van der Waals surface area (Å²) in [6.45, 7) is 4.24. The molecule has 134 valence electrons. The molecular weight excluding hydrogens is 347 g/mol. The highest BCUT2D eigenvalue weighted by Gasteiger charge is 2.23. The van der Waals surface area contributed by atoms with Crippen LogP contribution < -0.4 is 9.05 Å². The highest BCUT2D eigenvalue weighted by molar-refractivity contribution is 7.41. The minimum absolute atomic E-state index is 0.225. The summed E-state index contributed by atoms with van der Waals surface area (Å²) in [6, 6.07) is 23.8. The molecule has 5 heteroatoms. The van der Waals surface area contributed by atoms with E-state index < -0.39 is 8.60 Å². The van der Waals surface area contributed by atoms with E-state index in [9.17, 15) is 10.00 Å². The second kappa shape index (κ2) is 7.77. The van der Waals surface area contributed by atoms with Crippen LogP contribution in [0.25, 0.3) is 0 Å². The topological polar surface area (TPSA) is 58.9 Å². The van der Waals surface area contributed by atoms with Crippen molar-refractivity contribution in [3.63, 3.8) is 0 Å². The summed E-state index contributed by atoms with van der Waals surface area (Å²) in [7, 11) is -2.05. The van der Waals surface area contributed by atoms with Crippen LogP contribution in [-0.4, -0.2) is 10.00 Å². The molecule has 2 N–H and O–H groups in total. The summed E-state index contributed by atoms with van der Waals surface area (Å²) < 4.78 is 10.8. The summed E-state index contributed by atoms with van der Waals surface area (Å²) >= 11 is 0. The summed E-state index contributed by atoms with van der Waals surface area (Å²) in [5.74, 6) is 1.36. The average Bonchev–Trinajstić information content (AvgIpc) is 2.63. The minimum Gasteiger partial charge on any atom is -0.508 e. The maximum atomic E-state index is 9.99. The predicted molar refractivity (Wildman–Crippen MR) is 104 cm³/mol. The standard InChI is InChI=1S/C21H21O4P/c1-21(2,16-8-12-18(22)13-9-16)17-10-14-20(15-11-17)25-26(23)24-19-6-4-3-5-7-19/h3-15,22-23H,1-2H3. The highest BCUT2D eigenvalue weighted by atomic mass is 31.2. The first kappa shape index (κ1) is 18.2. The number of para-hydroxylation sites is 1. The Balaban J connectivity index is 1.68. The van der Waals surface area contributed by atoms with E-state index in [2.05, 4.69) is 13.8 Å². The molecule has 0 aliphatic rings. The van der Waals surface area contributed by atoms with Crippen LogP contribution in [-0.2, 0) is 5.41 Å². The van der Waals surface area contributed by atoms with Gasteiger partial charge in [-0.3, -0.25) is 0 Å². The molecule has 0 spiro atoms. The molecule has 0 heterocycles. The van der Waals surface area contributed by atoms with Gasteiger partial charge in [0, 0.05) is 5.41 Å². The van der Waals surface area contributed by atoms with Crippen LogP contribution in [0.5, 0.6) is 17.2 Å². The summed E-state index contributed by atoms with van der Waals surface area (Å²) in [5, 5.41) is 9.47. The molecule has 0 radical (unpaired) electrons. The minimum atomic E-state index is -2.05. The zero-order chi connectivity index (χ0) is 18.6. The van der Waals surface area contributed by atoms with Crippen molar-refractivity contribution in [3.8, 4) is 17.2 Å². The van der Waals surface area contributed by atoms with Crippen molar-refractivity contribution in [1.82, 2.24) is 0 Å². The number of phenols is 1. The molecule has 3 aromatic rings. The number of phenolic OH excluding ortho intramolecular Hbond substituents is 1. The molecule has 3 aromatic carbocycles. The lowest BCUT2D eigenvalue weighted by atomic mass is 9.78. The normalized spacial score (nSPS) is 12.4. The molecule has 0 saturated heterocycles. The predicted octanol–water partition coefficient (Wildman–Crippen LogP) is 5.40. The maximum absolute atomic E-state index is 9.99. The van der Waals surface area contributed by atoms with Gasteiger partial charge in [0.1, 0.15) is 17.2 Å². The van der Waals surface area contributed by atoms with Crippen molar-refractivity contribution in [2.24, 2.45) is 0 Å². The molecule has 0 fully saturated rings. The van der Waals surface area contributed by atoms with Gasteiger partial charge in [0.05, 0.1) is 0 Å². The second-order valence-corrected chi connectivity index (χ2v) is 7.27. The summed E-state index contributed by atoms with van der Waals surface area (Å²) in [5.41, 5.74) is 1.97. The van der Waals surface area contributed by atoms with Crippen molar-refractivity contribution in [3.05, 3.63) is 90.0 Å². The van der Waals surface area contributed by atoms with Gasteiger partial charge in [-0.15, -0.1) is 0 Å². The van der Waals surface area contributed by atoms with Gasteiger partial charge in [-0.1, -0.05) is 56.3 Å². The third-order valence-corrected chi connectivity index (χ3v) is 5.01. The van der Waals surface area contributed by atoms with Crippen molar-refractivity contribution in [2.45, 2.75) is 19.3 Å². The monoisotopic (exact) mass is 368 g/mol. The summed E-state index contributed by atoms with van der Waals surface area (Å²) in [4.78, 5) is 9.99. The van der Waals surface area contributed by atoms with E-state index >= 15 is 0 Å². The molecule has 0 bridgehead atoms. The van der Waals surface area contributed by atoms with E-state index in [0.717, 1.165) is 11.1 Å². The zero-order valence-electron chi connectivity index (χ0n) is 14.7. The molecule has 0 aliphatic heterocycles. The number of benzene rings is 3. The molecule has 0 saturated carbocycles. The van der Waals surface area contributed by atoms with Crippen LogP contribution in [0.4, 0.5) is 0 Å². The zero-order valence-corrected chi connectivity index (χ0v) is 15.6. The van der Waals surface area contributed by atoms with Crippen LogP contribution in [0.1, 0.15) is 25.0 Å².